The van der Waals surface area contributed by atoms with Crippen LogP contribution in [0.15, 0.2) is 48.7 Å². The molecular weight excluding hydrogens is 363 g/mol. The predicted molar refractivity (Wildman–Crippen MR) is 87.4 cm³/mol. The predicted octanol–water partition coefficient (Wildman–Crippen LogP) is 3.55. The Morgan fingerprint density at radius 1 is 1.09 bits per heavy atom. The zero-order valence-electron chi connectivity index (χ0n) is 14.0. The van der Waals surface area contributed by atoms with Gasteiger partial charge in [-0.3, -0.25) is 4.79 Å². The molecule has 0 N–H and O–H groups in total. The van der Waals surface area contributed by atoms with Crippen LogP contribution in [0.25, 0.3) is 5.65 Å². The van der Waals surface area contributed by atoms with Crippen LogP contribution in [0.3, 0.4) is 0 Å². The van der Waals surface area contributed by atoms with Crippen molar-refractivity contribution in [3.63, 3.8) is 0 Å². The zero-order valence-corrected chi connectivity index (χ0v) is 16.9. The summed E-state index contributed by atoms with van der Waals surface area (Å²) in [6, 6.07) is 19.1. The van der Waals surface area contributed by atoms with E-state index in [1.807, 2.05) is 73.8 Å². The molecule has 0 fully saturated rings. The average molecular weight is 384 g/mol. The van der Waals surface area contributed by atoms with Gasteiger partial charge in [0.2, 0.25) is 0 Å². The van der Waals surface area contributed by atoms with Crippen LogP contribution in [0.1, 0.15) is 26.6 Å². The first kappa shape index (κ1) is 21.6. The molecule has 0 aliphatic rings. The summed E-state index contributed by atoms with van der Waals surface area (Å²) in [6.45, 7) is 7.29. The maximum Gasteiger partial charge on any atom is 0.132 e. The summed E-state index contributed by atoms with van der Waals surface area (Å²) in [4.78, 5) is 10.1. The van der Waals surface area contributed by atoms with E-state index in [0.717, 1.165) is 11.5 Å². The van der Waals surface area contributed by atoms with Crippen LogP contribution in [0.4, 0.5) is 0 Å². The van der Waals surface area contributed by atoms with Crippen molar-refractivity contribution >= 4 is 11.4 Å². The molecule has 119 valence electrons. The van der Waals surface area contributed by atoms with E-state index >= 15 is 0 Å². The summed E-state index contributed by atoms with van der Waals surface area (Å²) in [5.74, 6) is 1.37. The van der Waals surface area contributed by atoms with E-state index in [0.29, 0.717) is 0 Å². The zero-order chi connectivity index (χ0) is 16.4. The number of aryl methyl sites for hydroxylation is 1. The fourth-order valence-corrected chi connectivity index (χ4v) is 1.24. The van der Waals surface area contributed by atoms with Crippen LogP contribution in [0.5, 0.6) is 0 Å². The van der Waals surface area contributed by atoms with Crippen LogP contribution < -0.4 is 0 Å². The number of aromatic nitrogens is 3. The first-order valence-electron chi connectivity index (χ1n) is 7.11. The summed E-state index contributed by atoms with van der Waals surface area (Å²) in [5.41, 5.74) is 0.872. The molecule has 1 radical (unpaired) electrons. The molecule has 0 aliphatic heterocycles. The smallest absolute Gasteiger partial charge is 0.132 e. The molecule has 0 aliphatic carbocycles. The molecular formula is C18H21N3OY-2. The second-order valence-corrected chi connectivity index (χ2v) is 4.95. The summed E-state index contributed by atoms with van der Waals surface area (Å²) < 4.78 is 1.89. The van der Waals surface area contributed by atoms with Crippen molar-refractivity contribution < 1.29 is 37.5 Å². The molecule has 0 amide bonds. The van der Waals surface area contributed by atoms with Crippen LogP contribution in [0.2, 0.25) is 0 Å². The van der Waals surface area contributed by atoms with Crippen molar-refractivity contribution in [2.75, 3.05) is 0 Å². The largest absolute Gasteiger partial charge is 0.321 e. The normalized spacial score (nSPS) is 9.09. The van der Waals surface area contributed by atoms with Gasteiger partial charge in [0.15, 0.2) is 0 Å². The molecule has 1 aromatic carbocycles. The Morgan fingerprint density at radius 3 is 2.09 bits per heavy atom. The second kappa shape index (κ2) is 12.1. The number of ketones is 1. The number of carbonyl (C=O) groups excluding carboxylic acids is 1. The number of nitrogens with zero attached hydrogens (tertiary/aromatic N) is 3. The van der Waals surface area contributed by atoms with Crippen LogP contribution in [0, 0.1) is 25.0 Å². The van der Waals surface area contributed by atoms with Gasteiger partial charge < -0.3 is 4.40 Å². The maximum atomic E-state index is 10.1. The quantitative estimate of drug-likeness (QED) is 0.603. The van der Waals surface area contributed by atoms with Gasteiger partial charge >= 0.3 is 0 Å². The minimum Gasteiger partial charge on any atom is -0.321 e. The van der Waals surface area contributed by atoms with Gasteiger partial charge in [-0.25, -0.2) is 12.1 Å². The van der Waals surface area contributed by atoms with Crippen molar-refractivity contribution in [3.8, 4) is 0 Å². The number of Topliss-reactive ketones (excluding diaryl/α,β-unsaturated/α-hetero) is 1. The second-order valence-electron chi connectivity index (χ2n) is 4.95. The molecule has 3 rings (SSSR count). The number of hydrogen-bond donors (Lipinski definition) is 0. The van der Waals surface area contributed by atoms with Crippen LogP contribution in [-0.2, 0) is 37.5 Å². The monoisotopic (exact) mass is 384 g/mol. The molecule has 3 aromatic rings. The van der Waals surface area contributed by atoms with E-state index in [-0.39, 0.29) is 44.4 Å². The van der Waals surface area contributed by atoms with Crippen molar-refractivity contribution in [2.45, 2.75) is 27.7 Å². The van der Waals surface area contributed by atoms with Crippen LogP contribution in [-0.4, -0.2) is 20.4 Å². The molecule has 0 unspecified atom stereocenters. The topological polar surface area (TPSA) is 47.3 Å². The van der Waals surface area contributed by atoms with Crippen molar-refractivity contribution in [2.24, 2.45) is 5.92 Å². The molecule has 0 saturated heterocycles. The van der Waals surface area contributed by atoms with Gasteiger partial charge in [0.1, 0.15) is 11.6 Å². The summed E-state index contributed by atoms with van der Waals surface area (Å²) >= 11 is 0. The minimum atomic E-state index is 0. The van der Waals surface area contributed by atoms with Gasteiger partial charge in [-0.1, -0.05) is 20.0 Å². The third kappa shape index (κ3) is 8.72. The molecule has 2 aromatic heterocycles. The number of fused-ring (bicyclic) bond motifs is 1. The van der Waals surface area contributed by atoms with Gasteiger partial charge in [0, 0.05) is 38.6 Å². The van der Waals surface area contributed by atoms with Gasteiger partial charge in [-0.2, -0.15) is 47.6 Å². The maximum absolute atomic E-state index is 10.1. The Kier molecular flexibility index (Phi) is 11.4. The minimum absolute atomic E-state index is 0. The molecule has 0 bridgehead atoms. The fourth-order valence-electron chi connectivity index (χ4n) is 1.24. The van der Waals surface area contributed by atoms with Gasteiger partial charge in [0.25, 0.3) is 0 Å². The summed E-state index contributed by atoms with van der Waals surface area (Å²) in [5, 5.41) is 7.80. The van der Waals surface area contributed by atoms with E-state index in [4.69, 9.17) is 0 Å². The van der Waals surface area contributed by atoms with E-state index in [9.17, 15) is 4.79 Å². The summed E-state index contributed by atoms with van der Waals surface area (Å²) in [7, 11) is 0. The Morgan fingerprint density at radius 2 is 1.70 bits per heavy atom. The van der Waals surface area contributed by atoms with Crippen LogP contribution >= 0.6 is 0 Å². The van der Waals surface area contributed by atoms with Crippen molar-refractivity contribution in [1.29, 1.82) is 0 Å². The Hall–Kier alpha value is -1.39. The molecule has 2 heterocycles. The number of hydrogen-bond acceptors (Lipinski definition) is 3. The number of benzene rings is 1. The Balaban J connectivity index is 0.000000329. The van der Waals surface area contributed by atoms with Gasteiger partial charge in [0.05, 0.1) is 5.65 Å². The van der Waals surface area contributed by atoms with E-state index in [2.05, 4.69) is 22.3 Å². The Bertz CT molecular complexity index is 654. The average Bonchev–Trinajstić information content (AvgIpc) is 2.92. The number of rotatable bonds is 1. The molecule has 0 atom stereocenters. The molecule has 0 spiro atoms. The number of pyridine rings is 1. The molecule has 5 heteroatoms. The van der Waals surface area contributed by atoms with Gasteiger partial charge in [-0.05, 0) is 13.8 Å². The van der Waals surface area contributed by atoms with Gasteiger partial charge in [-0.15, -0.1) is 5.10 Å². The third-order valence-corrected chi connectivity index (χ3v) is 2.85. The first-order chi connectivity index (χ1) is 10.5. The van der Waals surface area contributed by atoms with Crippen molar-refractivity contribution in [3.05, 3.63) is 66.6 Å². The fraction of sp³-hybridized carbons (Fsp3) is 0.278. The first-order valence-corrected chi connectivity index (χ1v) is 7.11. The van der Waals surface area contributed by atoms with Crippen molar-refractivity contribution in [1.82, 2.24) is 14.6 Å². The molecule has 4 nitrogen and oxygen atoms in total. The molecule has 0 saturated carbocycles. The standard InChI is InChI=1S/C7H6N3.C6H5.C5H10O.Y/c1-6-8-9-7-4-2-3-5-10(6)7;1-2-4-6-5-3-1;1-4(2)5(3)6;/h2,4-5H,1H3;1-5H;4H,1-3H3;/q2*-1;;. The number of carbonyl (C=O) groups is 1. The molecule has 23 heavy (non-hydrogen) atoms. The summed E-state index contributed by atoms with van der Waals surface area (Å²) in [6.07, 6.45) is 1.82. The third-order valence-electron chi connectivity index (χ3n) is 2.85. The Labute approximate surface area is 163 Å². The van der Waals surface area contributed by atoms with E-state index in [1.54, 1.807) is 6.92 Å². The van der Waals surface area contributed by atoms with E-state index < -0.39 is 0 Å². The SMILES string of the molecule is CC(=O)C(C)C.Cc1nnc2cc[c-]cn12.[Y].[c-]1ccccc1. The van der Waals surface area contributed by atoms with E-state index in [1.165, 1.54) is 0 Å².